The molecule has 0 fully saturated rings. The molecule has 1 amide bonds. The lowest BCUT2D eigenvalue weighted by molar-refractivity contribution is 0.102. The fourth-order valence-corrected chi connectivity index (χ4v) is 3.98. The lowest BCUT2D eigenvalue weighted by Gasteiger charge is -2.07. The molecule has 3 aromatic rings. The SMILES string of the molecule is Cc1nc2c(c(C(=O)Nc3nc4c(C)cccc4s3)n1)CCC2. The molecule has 5 nitrogen and oxygen atoms in total. The zero-order chi connectivity index (χ0) is 16.0. The number of thiazole rings is 1. The van der Waals surface area contributed by atoms with E-state index in [0.29, 0.717) is 16.6 Å². The quantitative estimate of drug-likeness (QED) is 0.784. The lowest BCUT2D eigenvalue weighted by atomic mass is 10.1. The molecule has 0 saturated heterocycles. The zero-order valence-electron chi connectivity index (χ0n) is 13.0. The normalized spacial score (nSPS) is 13.3. The standard InChI is InChI=1S/C17H16N4OS/c1-9-5-3-8-13-14(9)20-17(23-13)21-16(22)15-11-6-4-7-12(11)18-10(2)19-15/h3,5,8H,4,6-7H2,1-2H3,(H,20,21,22). The number of carbonyl (C=O) groups is 1. The Hall–Kier alpha value is -2.34. The van der Waals surface area contributed by atoms with Crippen molar-refractivity contribution in [3.05, 3.63) is 46.5 Å². The highest BCUT2D eigenvalue weighted by molar-refractivity contribution is 7.22. The minimum Gasteiger partial charge on any atom is -0.296 e. The highest BCUT2D eigenvalue weighted by Crippen LogP contribution is 2.29. The largest absolute Gasteiger partial charge is 0.296 e. The second-order valence-corrected chi connectivity index (χ2v) is 6.82. The maximum atomic E-state index is 12.7. The fourth-order valence-electron chi connectivity index (χ4n) is 3.04. The molecule has 2 heterocycles. The van der Waals surface area contributed by atoms with Gasteiger partial charge in [-0.05, 0) is 44.7 Å². The van der Waals surface area contributed by atoms with E-state index in [9.17, 15) is 4.79 Å². The van der Waals surface area contributed by atoms with Crippen molar-refractivity contribution < 1.29 is 4.79 Å². The van der Waals surface area contributed by atoms with Crippen LogP contribution in [0.4, 0.5) is 5.13 Å². The third-order valence-electron chi connectivity index (χ3n) is 4.10. The first-order valence-electron chi connectivity index (χ1n) is 7.66. The van der Waals surface area contributed by atoms with Gasteiger partial charge in [0.25, 0.3) is 5.91 Å². The predicted octanol–water partition coefficient (Wildman–Crippen LogP) is 3.44. The Morgan fingerprint density at radius 2 is 2.04 bits per heavy atom. The number of hydrogen-bond donors (Lipinski definition) is 1. The molecule has 4 rings (SSSR count). The summed E-state index contributed by atoms with van der Waals surface area (Å²) in [7, 11) is 0. The average molecular weight is 324 g/mol. The molecule has 23 heavy (non-hydrogen) atoms. The molecule has 0 atom stereocenters. The Morgan fingerprint density at radius 3 is 2.87 bits per heavy atom. The first kappa shape index (κ1) is 14.3. The highest BCUT2D eigenvalue weighted by Gasteiger charge is 2.23. The first-order valence-corrected chi connectivity index (χ1v) is 8.47. The van der Waals surface area contributed by atoms with Crippen LogP contribution in [0.5, 0.6) is 0 Å². The number of nitrogens with zero attached hydrogens (tertiary/aromatic N) is 3. The molecular formula is C17H16N4OS. The van der Waals surface area contributed by atoms with Crippen LogP contribution in [-0.2, 0) is 12.8 Å². The van der Waals surface area contributed by atoms with Crippen molar-refractivity contribution in [2.24, 2.45) is 0 Å². The van der Waals surface area contributed by atoms with Crippen LogP contribution < -0.4 is 5.32 Å². The van der Waals surface area contributed by atoms with E-state index in [-0.39, 0.29) is 5.91 Å². The van der Waals surface area contributed by atoms with Gasteiger partial charge in [-0.25, -0.2) is 15.0 Å². The zero-order valence-corrected chi connectivity index (χ0v) is 13.8. The molecule has 1 aliphatic rings. The van der Waals surface area contributed by atoms with E-state index < -0.39 is 0 Å². The summed E-state index contributed by atoms with van der Waals surface area (Å²) in [4.78, 5) is 26.0. The Labute approximate surface area is 137 Å². The van der Waals surface area contributed by atoms with Crippen LogP contribution in [0.3, 0.4) is 0 Å². The van der Waals surface area contributed by atoms with E-state index in [1.165, 1.54) is 11.3 Å². The van der Waals surface area contributed by atoms with E-state index in [1.54, 1.807) is 0 Å². The monoisotopic (exact) mass is 324 g/mol. The number of aromatic nitrogens is 3. The molecule has 0 spiro atoms. The summed E-state index contributed by atoms with van der Waals surface area (Å²) < 4.78 is 1.07. The van der Waals surface area contributed by atoms with Crippen LogP contribution in [0, 0.1) is 13.8 Å². The van der Waals surface area contributed by atoms with Crippen LogP contribution in [0.25, 0.3) is 10.2 Å². The molecule has 1 aromatic carbocycles. The fraction of sp³-hybridized carbons (Fsp3) is 0.294. The van der Waals surface area contributed by atoms with Gasteiger partial charge in [0, 0.05) is 11.3 Å². The summed E-state index contributed by atoms with van der Waals surface area (Å²) in [6.45, 7) is 3.85. The van der Waals surface area contributed by atoms with Gasteiger partial charge in [-0.2, -0.15) is 0 Å². The number of carbonyl (C=O) groups excluding carboxylic acids is 1. The van der Waals surface area contributed by atoms with Crippen molar-refractivity contribution in [3.63, 3.8) is 0 Å². The third kappa shape index (κ3) is 2.49. The van der Waals surface area contributed by atoms with Gasteiger partial charge in [-0.1, -0.05) is 23.5 Å². The van der Waals surface area contributed by atoms with Crippen molar-refractivity contribution in [1.29, 1.82) is 0 Å². The maximum absolute atomic E-state index is 12.7. The second kappa shape index (κ2) is 5.38. The number of para-hydroxylation sites is 1. The Morgan fingerprint density at radius 1 is 1.17 bits per heavy atom. The summed E-state index contributed by atoms with van der Waals surface area (Å²) in [6.07, 6.45) is 2.84. The number of nitrogens with one attached hydrogen (secondary N) is 1. The minimum absolute atomic E-state index is 0.189. The van der Waals surface area contributed by atoms with E-state index in [0.717, 1.165) is 46.3 Å². The molecule has 116 valence electrons. The molecular weight excluding hydrogens is 308 g/mol. The van der Waals surface area contributed by atoms with Crippen LogP contribution in [0.1, 0.15) is 39.6 Å². The van der Waals surface area contributed by atoms with Crippen molar-refractivity contribution in [2.45, 2.75) is 33.1 Å². The molecule has 6 heteroatoms. The topological polar surface area (TPSA) is 67.8 Å². The van der Waals surface area contributed by atoms with Crippen LogP contribution in [0.2, 0.25) is 0 Å². The Kier molecular flexibility index (Phi) is 3.34. The van der Waals surface area contributed by atoms with E-state index in [2.05, 4.69) is 20.3 Å². The van der Waals surface area contributed by atoms with Gasteiger partial charge < -0.3 is 0 Å². The number of amides is 1. The average Bonchev–Trinajstić information content (AvgIpc) is 3.13. The van der Waals surface area contributed by atoms with Gasteiger partial charge in [-0.3, -0.25) is 10.1 Å². The molecule has 0 aliphatic heterocycles. The summed E-state index contributed by atoms with van der Waals surface area (Å²) in [5, 5.41) is 3.52. The van der Waals surface area contributed by atoms with Crippen LogP contribution in [0.15, 0.2) is 18.2 Å². The number of hydrogen-bond acceptors (Lipinski definition) is 5. The number of aryl methyl sites for hydroxylation is 3. The minimum atomic E-state index is -0.189. The predicted molar refractivity (Wildman–Crippen MR) is 91.1 cm³/mol. The van der Waals surface area contributed by atoms with Crippen LogP contribution in [-0.4, -0.2) is 20.9 Å². The summed E-state index contributed by atoms with van der Waals surface area (Å²) >= 11 is 1.49. The van der Waals surface area contributed by atoms with Gasteiger partial charge in [-0.15, -0.1) is 0 Å². The smallest absolute Gasteiger partial charge is 0.276 e. The van der Waals surface area contributed by atoms with Crippen molar-refractivity contribution >= 4 is 32.6 Å². The van der Waals surface area contributed by atoms with Gasteiger partial charge in [0.05, 0.1) is 10.2 Å². The van der Waals surface area contributed by atoms with Gasteiger partial charge in [0.1, 0.15) is 11.5 Å². The molecule has 0 bridgehead atoms. The Balaban J connectivity index is 1.69. The highest BCUT2D eigenvalue weighted by atomic mass is 32.1. The summed E-state index contributed by atoms with van der Waals surface area (Å²) in [5.41, 5.74) is 4.56. The molecule has 1 aliphatic carbocycles. The summed E-state index contributed by atoms with van der Waals surface area (Å²) in [6, 6.07) is 6.04. The second-order valence-electron chi connectivity index (χ2n) is 5.79. The lowest BCUT2D eigenvalue weighted by Crippen LogP contribution is -2.17. The number of benzene rings is 1. The Bertz CT molecular complexity index is 932. The number of rotatable bonds is 2. The molecule has 0 unspecified atom stereocenters. The first-order chi connectivity index (χ1) is 11.1. The van der Waals surface area contributed by atoms with Crippen molar-refractivity contribution in [1.82, 2.24) is 15.0 Å². The van der Waals surface area contributed by atoms with Crippen molar-refractivity contribution in [3.8, 4) is 0 Å². The van der Waals surface area contributed by atoms with E-state index in [1.807, 2.05) is 32.0 Å². The summed E-state index contributed by atoms with van der Waals surface area (Å²) in [5.74, 6) is 0.460. The molecule has 2 aromatic heterocycles. The third-order valence-corrected chi connectivity index (χ3v) is 5.04. The maximum Gasteiger partial charge on any atom is 0.276 e. The van der Waals surface area contributed by atoms with E-state index in [4.69, 9.17) is 0 Å². The molecule has 0 radical (unpaired) electrons. The van der Waals surface area contributed by atoms with Gasteiger partial charge >= 0.3 is 0 Å². The van der Waals surface area contributed by atoms with Gasteiger partial charge in [0.15, 0.2) is 5.13 Å². The molecule has 0 saturated carbocycles. The van der Waals surface area contributed by atoms with E-state index >= 15 is 0 Å². The molecule has 1 N–H and O–H groups in total. The number of fused-ring (bicyclic) bond motifs is 2. The van der Waals surface area contributed by atoms with Crippen molar-refractivity contribution in [2.75, 3.05) is 5.32 Å². The van der Waals surface area contributed by atoms with Gasteiger partial charge in [0.2, 0.25) is 0 Å². The van der Waals surface area contributed by atoms with Crippen LogP contribution >= 0.6 is 11.3 Å². The number of anilines is 1.